The summed E-state index contributed by atoms with van der Waals surface area (Å²) in [6.45, 7) is 3.93. The van der Waals surface area contributed by atoms with Gasteiger partial charge in [0.15, 0.2) is 5.69 Å². The van der Waals surface area contributed by atoms with Crippen molar-refractivity contribution >= 4 is 16.7 Å². The number of amides is 1. The van der Waals surface area contributed by atoms with E-state index in [1.54, 1.807) is 36.4 Å². The number of halogens is 1. The van der Waals surface area contributed by atoms with E-state index in [1.165, 1.54) is 21.7 Å². The molecule has 0 radical (unpaired) electrons. The van der Waals surface area contributed by atoms with Gasteiger partial charge in [0.1, 0.15) is 5.82 Å². The maximum atomic E-state index is 13.3. The Morgan fingerprint density at radius 2 is 1.82 bits per heavy atom. The molecule has 0 fully saturated rings. The number of aromatic nitrogens is 2. The first-order chi connectivity index (χ1) is 13.4. The SMILES string of the molecule is C#CCN(Cc1ccc(F)cc1)C(=O)c1nn(C(C)C)c(=O)c2ccccc12. The molecule has 1 amide bonds. The zero-order valence-corrected chi connectivity index (χ0v) is 15.7. The summed E-state index contributed by atoms with van der Waals surface area (Å²) >= 11 is 0. The minimum absolute atomic E-state index is 0.0625. The van der Waals surface area contributed by atoms with Crippen molar-refractivity contribution in [2.75, 3.05) is 6.54 Å². The molecule has 6 heteroatoms. The van der Waals surface area contributed by atoms with E-state index in [0.29, 0.717) is 10.8 Å². The van der Waals surface area contributed by atoms with Crippen LogP contribution in [0.3, 0.4) is 0 Å². The van der Waals surface area contributed by atoms with Crippen LogP contribution in [0.4, 0.5) is 4.39 Å². The number of fused-ring (bicyclic) bond motifs is 1. The third-order valence-electron chi connectivity index (χ3n) is 4.38. The summed E-state index contributed by atoms with van der Waals surface area (Å²) in [5, 5.41) is 5.25. The molecule has 1 heterocycles. The Bertz CT molecular complexity index is 1110. The molecular weight excluding hydrogens is 357 g/mol. The van der Waals surface area contributed by atoms with Crippen molar-refractivity contribution in [2.45, 2.75) is 26.4 Å². The Hall–Kier alpha value is -3.46. The Balaban J connectivity index is 2.09. The lowest BCUT2D eigenvalue weighted by Gasteiger charge is -2.21. The number of hydrogen-bond donors (Lipinski definition) is 0. The second kappa shape index (κ2) is 8.05. The van der Waals surface area contributed by atoms with Crippen molar-refractivity contribution < 1.29 is 9.18 Å². The molecule has 142 valence electrons. The van der Waals surface area contributed by atoms with Gasteiger partial charge >= 0.3 is 0 Å². The molecule has 2 aromatic carbocycles. The number of carbonyl (C=O) groups excluding carboxylic acids is 1. The molecule has 3 rings (SSSR count). The molecule has 0 aliphatic heterocycles. The van der Waals surface area contributed by atoms with Crippen LogP contribution in [0.25, 0.3) is 10.8 Å². The first-order valence-electron chi connectivity index (χ1n) is 8.91. The Kier molecular flexibility index (Phi) is 5.55. The van der Waals surface area contributed by atoms with Crippen LogP contribution in [0.2, 0.25) is 0 Å². The zero-order chi connectivity index (χ0) is 20.3. The third kappa shape index (κ3) is 3.79. The summed E-state index contributed by atoms with van der Waals surface area (Å²) in [6, 6.07) is 12.6. The van der Waals surface area contributed by atoms with Gasteiger partial charge in [0, 0.05) is 11.9 Å². The van der Waals surface area contributed by atoms with Gasteiger partial charge in [-0.3, -0.25) is 9.59 Å². The van der Waals surface area contributed by atoms with Crippen molar-refractivity contribution in [1.29, 1.82) is 0 Å². The van der Waals surface area contributed by atoms with E-state index in [9.17, 15) is 14.0 Å². The monoisotopic (exact) mass is 377 g/mol. The first kappa shape index (κ1) is 19.3. The topological polar surface area (TPSA) is 55.2 Å². The van der Waals surface area contributed by atoms with Crippen LogP contribution >= 0.6 is 0 Å². The van der Waals surface area contributed by atoms with Crippen LogP contribution in [-0.2, 0) is 6.54 Å². The molecule has 5 nitrogen and oxygen atoms in total. The summed E-state index contributed by atoms with van der Waals surface area (Å²) in [5.41, 5.74) is 0.664. The highest BCUT2D eigenvalue weighted by molar-refractivity contribution is 6.04. The van der Waals surface area contributed by atoms with E-state index >= 15 is 0 Å². The first-order valence-corrected chi connectivity index (χ1v) is 8.91. The Morgan fingerprint density at radius 3 is 2.43 bits per heavy atom. The number of rotatable bonds is 5. The second-order valence-electron chi connectivity index (χ2n) is 6.73. The fourth-order valence-electron chi connectivity index (χ4n) is 2.98. The second-order valence-corrected chi connectivity index (χ2v) is 6.73. The van der Waals surface area contributed by atoms with Gasteiger partial charge in [-0.2, -0.15) is 5.10 Å². The molecule has 0 N–H and O–H groups in total. The van der Waals surface area contributed by atoms with Gasteiger partial charge in [-0.05, 0) is 37.6 Å². The molecular formula is C22H20FN3O2. The maximum absolute atomic E-state index is 13.3. The highest BCUT2D eigenvalue weighted by Crippen LogP contribution is 2.18. The van der Waals surface area contributed by atoms with Crippen LogP contribution in [0.15, 0.2) is 53.3 Å². The average Bonchev–Trinajstić information content (AvgIpc) is 2.69. The molecule has 0 saturated heterocycles. The summed E-state index contributed by atoms with van der Waals surface area (Å²) < 4.78 is 14.5. The lowest BCUT2D eigenvalue weighted by Crippen LogP contribution is -2.35. The Morgan fingerprint density at radius 1 is 1.18 bits per heavy atom. The molecule has 0 atom stereocenters. The van der Waals surface area contributed by atoms with Crippen LogP contribution in [-0.4, -0.2) is 27.1 Å². The standard InChI is InChI=1S/C22H20FN3O2/c1-4-13-25(14-16-9-11-17(23)12-10-16)22(28)20-18-7-5-6-8-19(18)21(27)26(24-20)15(2)3/h1,5-12,15H,13-14H2,2-3H3. The maximum Gasteiger partial charge on any atom is 0.276 e. The molecule has 0 aliphatic rings. The van der Waals surface area contributed by atoms with E-state index in [2.05, 4.69) is 11.0 Å². The fraction of sp³-hybridized carbons (Fsp3) is 0.227. The van der Waals surface area contributed by atoms with E-state index < -0.39 is 0 Å². The van der Waals surface area contributed by atoms with Crippen molar-refractivity contribution in [3.63, 3.8) is 0 Å². The number of terminal acetylenes is 1. The van der Waals surface area contributed by atoms with Crippen LogP contribution in [0.5, 0.6) is 0 Å². The van der Waals surface area contributed by atoms with Crippen molar-refractivity contribution in [3.8, 4) is 12.3 Å². The van der Waals surface area contributed by atoms with Crippen molar-refractivity contribution in [2.24, 2.45) is 0 Å². The lowest BCUT2D eigenvalue weighted by atomic mass is 10.1. The van der Waals surface area contributed by atoms with Gasteiger partial charge in [-0.15, -0.1) is 6.42 Å². The fourth-order valence-corrected chi connectivity index (χ4v) is 2.98. The van der Waals surface area contributed by atoms with Gasteiger partial charge in [-0.1, -0.05) is 36.3 Å². The van der Waals surface area contributed by atoms with Crippen molar-refractivity contribution in [1.82, 2.24) is 14.7 Å². The predicted octanol–water partition coefficient (Wildman–Crippen LogP) is 3.39. The lowest BCUT2D eigenvalue weighted by molar-refractivity contribution is 0.0759. The molecule has 0 spiro atoms. The number of nitrogens with zero attached hydrogens (tertiary/aromatic N) is 3. The van der Waals surface area contributed by atoms with Crippen molar-refractivity contribution in [3.05, 3.63) is 76.0 Å². The molecule has 1 aromatic heterocycles. The molecule has 3 aromatic rings. The normalized spacial score (nSPS) is 10.8. The van der Waals surface area contributed by atoms with E-state index in [-0.39, 0.29) is 42.1 Å². The zero-order valence-electron chi connectivity index (χ0n) is 15.7. The van der Waals surface area contributed by atoms with Gasteiger partial charge in [0.25, 0.3) is 11.5 Å². The van der Waals surface area contributed by atoms with Gasteiger partial charge < -0.3 is 4.90 Å². The number of benzene rings is 2. The molecule has 0 bridgehead atoms. The molecule has 0 unspecified atom stereocenters. The van der Waals surface area contributed by atoms with E-state index in [4.69, 9.17) is 6.42 Å². The van der Waals surface area contributed by atoms with Gasteiger partial charge in [0.2, 0.25) is 0 Å². The van der Waals surface area contributed by atoms with Gasteiger partial charge in [0.05, 0.1) is 18.0 Å². The summed E-state index contributed by atoms with van der Waals surface area (Å²) in [7, 11) is 0. The Labute approximate surface area is 162 Å². The molecule has 0 saturated carbocycles. The van der Waals surface area contributed by atoms with Crippen LogP contribution in [0.1, 0.15) is 35.9 Å². The quantitative estimate of drug-likeness (QED) is 0.641. The summed E-state index contributed by atoms with van der Waals surface area (Å²) in [5.74, 6) is 1.75. The summed E-state index contributed by atoms with van der Waals surface area (Å²) in [4.78, 5) is 27.4. The van der Waals surface area contributed by atoms with Gasteiger partial charge in [-0.25, -0.2) is 9.07 Å². The van der Waals surface area contributed by atoms with E-state index in [0.717, 1.165) is 5.56 Å². The minimum Gasteiger partial charge on any atom is -0.322 e. The summed E-state index contributed by atoms with van der Waals surface area (Å²) in [6.07, 6.45) is 5.46. The average molecular weight is 377 g/mol. The van der Waals surface area contributed by atoms with Crippen LogP contribution < -0.4 is 5.56 Å². The molecule has 28 heavy (non-hydrogen) atoms. The highest BCUT2D eigenvalue weighted by Gasteiger charge is 2.22. The highest BCUT2D eigenvalue weighted by atomic mass is 19.1. The molecule has 0 aliphatic carbocycles. The van der Waals surface area contributed by atoms with Crippen LogP contribution in [0, 0.1) is 18.2 Å². The number of carbonyl (C=O) groups is 1. The van der Waals surface area contributed by atoms with E-state index in [1.807, 2.05) is 13.8 Å². The third-order valence-corrected chi connectivity index (χ3v) is 4.38. The minimum atomic E-state index is -0.382. The number of hydrogen-bond acceptors (Lipinski definition) is 3. The smallest absolute Gasteiger partial charge is 0.276 e. The largest absolute Gasteiger partial charge is 0.322 e. The predicted molar refractivity (Wildman–Crippen MR) is 106 cm³/mol.